The van der Waals surface area contributed by atoms with Crippen LogP contribution in [0.3, 0.4) is 0 Å². The van der Waals surface area contributed by atoms with E-state index in [1.165, 1.54) is 16.5 Å². The summed E-state index contributed by atoms with van der Waals surface area (Å²) in [6, 6.07) is 7.19. The van der Waals surface area contributed by atoms with Crippen LogP contribution in [-0.4, -0.2) is 25.0 Å². The highest BCUT2D eigenvalue weighted by Gasteiger charge is 2.12. The lowest BCUT2D eigenvalue weighted by Gasteiger charge is -2.21. The third-order valence-electron chi connectivity index (χ3n) is 3.21. The molecule has 4 heteroatoms. The third kappa shape index (κ3) is 2.66. The fourth-order valence-electron chi connectivity index (χ4n) is 2.16. The van der Waals surface area contributed by atoms with Crippen molar-refractivity contribution >= 4 is 44.0 Å². The van der Waals surface area contributed by atoms with Crippen molar-refractivity contribution in [3.05, 3.63) is 41.0 Å². The lowest BCUT2D eigenvalue weighted by molar-refractivity contribution is 0.370. The third-order valence-corrected chi connectivity index (χ3v) is 4.38. The Morgan fingerprint density at radius 1 is 1.28 bits per heavy atom. The molecule has 18 heavy (non-hydrogen) atoms. The number of thiophene rings is 1. The Balaban J connectivity index is 0.00000120. The molecular weight excluding hydrogens is 313 g/mol. The first-order valence-corrected chi connectivity index (χ1v) is 6.61. The van der Waals surface area contributed by atoms with Crippen LogP contribution >= 0.6 is 28.3 Å². The van der Waals surface area contributed by atoms with Gasteiger partial charge in [0.05, 0.1) is 0 Å². The minimum atomic E-state index is -0.150. The maximum atomic E-state index is 13.1. The first-order chi connectivity index (χ1) is 8.22. The second-order valence-electron chi connectivity index (χ2n) is 4.53. The summed E-state index contributed by atoms with van der Waals surface area (Å²) in [7, 11) is 2.13. The van der Waals surface area contributed by atoms with Gasteiger partial charge in [0, 0.05) is 22.7 Å². The van der Waals surface area contributed by atoms with Crippen molar-refractivity contribution < 1.29 is 4.39 Å². The molecule has 2 aromatic rings. The molecule has 2 heterocycles. The highest BCUT2D eigenvalue weighted by Crippen LogP contribution is 2.33. The summed E-state index contributed by atoms with van der Waals surface area (Å²) in [5.74, 6) is -0.150. The molecule has 0 N–H and O–H groups in total. The molecule has 0 atom stereocenters. The molecule has 0 saturated carbocycles. The van der Waals surface area contributed by atoms with Crippen LogP contribution in [0.25, 0.3) is 15.7 Å². The van der Waals surface area contributed by atoms with Crippen LogP contribution in [0.15, 0.2) is 30.3 Å². The lowest BCUT2D eigenvalue weighted by Crippen LogP contribution is -2.23. The van der Waals surface area contributed by atoms with Crippen molar-refractivity contribution in [2.45, 2.75) is 6.42 Å². The Morgan fingerprint density at radius 3 is 2.83 bits per heavy atom. The zero-order valence-corrected chi connectivity index (χ0v) is 12.7. The topological polar surface area (TPSA) is 3.24 Å². The summed E-state index contributed by atoms with van der Waals surface area (Å²) >= 11 is 1.69. The highest BCUT2D eigenvalue weighted by atomic mass is 79.9. The first-order valence-electron chi connectivity index (χ1n) is 5.79. The van der Waals surface area contributed by atoms with Gasteiger partial charge in [0.15, 0.2) is 0 Å². The minimum Gasteiger partial charge on any atom is -0.302 e. The van der Waals surface area contributed by atoms with Gasteiger partial charge in [-0.1, -0.05) is 12.1 Å². The van der Waals surface area contributed by atoms with Gasteiger partial charge in [-0.3, -0.25) is 0 Å². The predicted octanol–water partition coefficient (Wildman–Crippen LogP) is 4.34. The summed E-state index contributed by atoms with van der Waals surface area (Å²) in [5, 5.41) is 1.14. The zero-order chi connectivity index (χ0) is 11.8. The van der Waals surface area contributed by atoms with E-state index in [-0.39, 0.29) is 22.8 Å². The molecule has 0 bridgehead atoms. The summed E-state index contributed by atoms with van der Waals surface area (Å²) in [5.41, 5.74) is 1.41. The average Bonchev–Trinajstić information content (AvgIpc) is 2.72. The van der Waals surface area contributed by atoms with E-state index in [1.807, 2.05) is 6.07 Å². The van der Waals surface area contributed by atoms with Gasteiger partial charge in [0.1, 0.15) is 5.82 Å². The van der Waals surface area contributed by atoms with Crippen LogP contribution in [0, 0.1) is 5.82 Å². The van der Waals surface area contributed by atoms with Crippen molar-refractivity contribution in [2.24, 2.45) is 0 Å². The molecule has 0 aliphatic carbocycles. The largest absolute Gasteiger partial charge is 0.302 e. The lowest BCUT2D eigenvalue weighted by atomic mass is 10.1. The second-order valence-corrected chi connectivity index (χ2v) is 5.62. The smallest absolute Gasteiger partial charge is 0.124 e. The molecule has 96 valence electrons. The molecule has 0 radical (unpaired) electrons. The minimum absolute atomic E-state index is 0. The van der Waals surface area contributed by atoms with Gasteiger partial charge in [-0.15, -0.1) is 28.3 Å². The van der Waals surface area contributed by atoms with Gasteiger partial charge in [-0.2, -0.15) is 0 Å². The van der Waals surface area contributed by atoms with Gasteiger partial charge in [0.25, 0.3) is 0 Å². The van der Waals surface area contributed by atoms with Crippen LogP contribution < -0.4 is 0 Å². The van der Waals surface area contributed by atoms with E-state index < -0.39 is 0 Å². The number of rotatable bonds is 1. The summed E-state index contributed by atoms with van der Waals surface area (Å²) in [6.45, 7) is 2.12. The van der Waals surface area contributed by atoms with Crippen LogP contribution in [0.1, 0.15) is 11.3 Å². The van der Waals surface area contributed by atoms with Gasteiger partial charge in [-0.25, -0.2) is 4.39 Å². The van der Waals surface area contributed by atoms with Crippen LogP contribution in [-0.2, 0) is 0 Å². The number of fused-ring (bicyclic) bond motifs is 1. The fourth-order valence-corrected chi connectivity index (χ4v) is 3.31. The molecule has 3 rings (SSSR count). The molecule has 0 spiro atoms. The van der Waals surface area contributed by atoms with Crippen molar-refractivity contribution in [3.63, 3.8) is 0 Å². The van der Waals surface area contributed by atoms with Crippen LogP contribution in [0.2, 0.25) is 0 Å². The van der Waals surface area contributed by atoms with Crippen molar-refractivity contribution in [1.82, 2.24) is 4.90 Å². The van der Waals surface area contributed by atoms with Crippen molar-refractivity contribution in [2.75, 3.05) is 20.1 Å². The number of halogens is 2. The molecule has 0 fully saturated rings. The van der Waals surface area contributed by atoms with Crippen LogP contribution in [0.5, 0.6) is 0 Å². The summed E-state index contributed by atoms with van der Waals surface area (Å²) in [4.78, 5) is 3.59. The average molecular weight is 328 g/mol. The molecule has 0 unspecified atom stereocenters. The van der Waals surface area contributed by atoms with Crippen LogP contribution in [0.4, 0.5) is 4.39 Å². The zero-order valence-electron chi connectivity index (χ0n) is 10.1. The maximum Gasteiger partial charge on any atom is 0.124 e. The Labute approximate surface area is 121 Å². The molecule has 0 amide bonds. The Hall–Kier alpha value is -0.710. The molecule has 0 saturated heterocycles. The molecule has 1 aliphatic rings. The van der Waals surface area contributed by atoms with E-state index in [2.05, 4.69) is 24.1 Å². The Kier molecular flexibility index (Phi) is 4.20. The van der Waals surface area contributed by atoms with E-state index in [1.54, 1.807) is 17.4 Å². The number of likely N-dealkylation sites (N-methyl/N-ethyl adjacent to an activating group) is 1. The monoisotopic (exact) mass is 327 g/mol. The Bertz CT molecular complexity index is 590. The number of benzene rings is 1. The Morgan fingerprint density at radius 2 is 2.11 bits per heavy atom. The van der Waals surface area contributed by atoms with E-state index in [0.29, 0.717) is 0 Å². The van der Waals surface area contributed by atoms with Crippen molar-refractivity contribution in [1.29, 1.82) is 0 Å². The van der Waals surface area contributed by atoms with E-state index in [9.17, 15) is 4.39 Å². The van der Waals surface area contributed by atoms with E-state index in [0.717, 1.165) is 29.6 Å². The quantitative estimate of drug-likeness (QED) is 0.753. The van der Waals surface area contributed by atoms with Crippen molar-refractivity contribution in [3.8, 4) is 0 Å². The molecule has 1 nitrogen and oxygen atoms in total. The summed E-state index contributed by atoms with van der Waals surface area (Å²) < 4.78 is 14.2. The molecule has 1 aromatic heterocycles. The number of hydrogen-bond donors (Lipinski definition) is 0. The first kappa shape index (κ1) is 13.7. The van der Waals surface area contributed by atoms with E-state index in [4.69, 9.17) is 0 Å². The van der Waals surface area contributed by atoms with E-state index >= 15 is 0 Å². The molecular formula is C14H15BrFNS. The molecule has 1 aliphatic heterocycles. The fraction of sp³-hybridized carbons (Fsp3) is 0.286. The summed E-state index contributed by atoms with van der Waals surface area (Å²) in [6.07, 6.45) is 3.37. The van der Waals surface area contributed by atoms with Gasteiger partial charge in [0.2, 0.25) is 0 Å². The standard InChI is InChI=1S/C14H14FNS.BrH/c1-16-6-4-10(5-7-16)13-8-11-2-3-12(15)9-14(11)17-13;/h2-4,8-9H,5-7H2,1H3;1H. The maximum absolute atomic E-state index is 13.1. The van der Waals surface area contributed by atoms with Gasteiger partial charge < -0.3 is 4.90 Å². The SMILES string of the molecule is Br.CN1CC=C(c2cc3ccc(F)cc3s2)CC1. The van der Waals surface area contributed by atoms with Gasteiger partial charge >= 0.3 is 0 Å². The van der Waals surface area contributed by atoms with Gasteiger partial charge in [-0.05, 0) is 42.6 Å². The second kappa shape index (κ2) is 5.51. The number of nitrogens with zero attached hydrogens (tertiary/aromatic N) is 1. The predicted molar refractivity (Wildman–Crippen MR) is 82.2 cm³/mol. The normalized spacial score (nSPS) is 16.4. The number of hydrogen-bond acceptors (Lipinski definition) is 2. The highest BCUT2D eigenvalue weighted by molar-refractivity contribution is 8.93. The molecule has 1 aromatic carbocycles.